The van der Waals surface area contributed by atoms with Crippen molar-refractivity contribution in [3.63, 3.8) is 0 Å². The van der Waals surface area contributed by atoms with Gasteiger partial charge in [-0.2, -0.15) is 0 Å². The highest BCUT2D eigenvalue weighted by Crippen LogP contribution is 2.69. The molecule has 9 heteroatoms. The van der Waals surface area contributed by atoms with Crippen molar-refractivity contribution < 1.29 is 27.2 Å². The molecule has 0 fully saturated rings. The first-order valence-corrected chi connectivity index (χ1v) is 33.0. The molecule has 0 radical (unpaired) electrons. The summed E-state index contributed by atoms with van der Waals surface area (Å²) in [4.78, 5) is 3.20. The monoisotopic (exact) mass is 1110 g/mol. The van der Waals surface area contributed by atoms with E-state index in [1.807, 2.05) is 0 Å². The molecule has 7 nitrogen and oxygen atoms in total. The largest absolute Gasteiger partial charge is 0.524 e. The summed E-state index contributed by atoms with van der Waals surface area (Å²) in [6, 6.07) is 35.5. The summed E-state index contributed by atoms with van der Waals surface area (Å²) in [5.41, 5.74) is 29.8. The minimum absolute atomic E-state index is 0.470. The third kappa shape index (κ3) is 9.41. The van der Waals surface area contributed by atoms with E-state index in [0.29, 0.717) is 23.0 Å². The zero-order chi connectivity index (χ0) is 55.6. The van der Waals surface area contributed by atoms with Gasteiger partial charge in [-0.1, -0.05) is 122 Å². The Labute approximate surface area is 479 Å². The van der Waals surface area contributed by atoms with E-state index in [1.54, 1.807) is 0 Å². The lowest BCUT2D eigenvalue weighted by molar-refractivity contribution is 0.358. The van der Waals surface area contributed by atoms with Gasteiger partial charge < -0.3 is 18.1 Å². The van der Waals surface area contributed by atoms with Crippen molar-refractivity contribution in [2.45, 2.75) is 158 Å². The number of fused-ring (bicyclic) bond motifs is 14. The first-order chi connectivity index (χ1) is 39.0. The van der Waals surface area contributed by atoms with Crippen molar-refractivity contribution in [2.24, 2.45) is 0 Å². The van der Waals surface area contributed by atoms with E-state index in [-0.39, 0.29) is 0 Å². The molecule has 0 bridgehead atoms. The van der Waals surface area contributed by atoms with Crippen LogP contribution in [0.15, 0.2) is 97.1 Å². The summed E-state index contributed by atoms with van der Waals surface area (Å²) in [7, 11) is -9.85. The van der Waals surface area contributed by atoms with Crippen LogP contribution in [0.4, 0.5) is 0 Å². The van der Waals surface area contributed by atoms with Crippen LogP contribution < -0.4 is 23.0 Å². The van der Waals surface area contributed by atoms with Crippen LogP contribution in [0.1, 0.15) is 140 Å². The highest BCUT2D eigenvalue weighted by molar-refractivity contribution is 7.68. The van der Waals surface area contributed by atoms with Crippen LogP contribution in [0, 0.1) is 55.4 Å². The highest BCUT2D eigenvalue weighted by Gasteiger charge is 2.51. The maximum atomic E-state index is 17.4. The predicted octanol–water partition coefficient (Wildman–Crippen LogP) is 19.7. The molecule has 2 heterocycles. The summed E-state index contributed by atoms with van der Waals surface area (Å²) >= 11 is 0. The second kappa shape index (κ2) is 20.1. The maximum Gasteiger partial charge on any atom is 0.524 e. The van der Waals surface area contributed by atoms with Crippen LogP contribution in [-0.2, 0) is 60.5 Å². The molecule has 0 atom stereocenters. The maximum absolute atomic E-state index is 17.4. The van der Waals surface area contributed by atoms with Gasteiger partial charge in [-0.25, -0.2) is 9.13 Å². The van der Waals surface area contributed by atoms with Gasteiger partial charge >= 0.3 is 15.5 Å². The van der Waals surface area contributed by atoms with E-state index >= 15 is 9.13 Å². The summed E-state index contributed by atoms with van der Waals surface area (Å²) in [5, 5.41) is 0. The molecule has 4 aliphatic carbocycles. The Hall–Kier alpha value is -6.62. The van der Waals surface area contributed by atoms with Gasteiger partial charge in [-0.05, 0) is 249 Å². The normalized spacial score (nSPS) is 17.1. The second-order valence-corrected chi connectivity index (χ2v) is 28.4. The fourth-order valence-electron chi connectivity index (χ4n) is 15.1. The Morgan fingerprint density at radius 1 is 0.284 bits per heavy atom. The van der Waals surface area contributed by atoms with Crippen LogP contribution in [-0.4, -0.2) is 0 Å². The smallest absolute Gasteiger partial charge is 0.403 e. The summed E-state index contributed by atoms with van der Waals surface area (Å²) < 4.78 is 64.6. The molecular formula is C72H73NO6P2. The Bertz CT molecular complexity index is 3510. The predicted molar refractivity (Wildman–Crippen MR) is 331 cm³/mol. The number of benzene rings is 8. The summed E-state index contributed by atoms with van der Waals surface area (Å²) in [5.74, 6) is 1.88. The standard InChI is InChI=1S/C72H73NO6P2/c1-41-25-42(2)30-53(29-41)61-37-49-17-9-13-21-57(49)65-66-58-22-14-10-18-50(58)38-62(54-31-43(3)26-44(4)32-54)70(66)77-80(74,76-69(61)65)73-81(75)78-71-63(55-33-45(5)27-46(6)34-55)39-51-19-11-15-23-59(51)67(71)68-60-24-16-12-20-52(60)40-64(72(68)79-81)56-35-47(7)28-48(8)36-56/h25-40H,9-24H2,1-8H3,(H,73,74,75). The van der Waals surface area contributed by atoms with E-state index in [4.69, 9.17) is 18.1 Å². The Balaban J connectivity index is 1.07. The van der Waals surface area contributed by atoms with Crippen molar-refractivity contribution in [1.29, 1.82) is 0 Å². The van der Waals surface area contributed by atoms with E-state index in [2.05, 4.69) is 157 Å². The van der Waals surface area contributed by atoms with Crippen molar-refractivity contribution in [3.8, 4) is 89.8 Å². The van der Waals surface area contributed by atoms with Crippen LogP contribution >= 0.6 is 15.5 Å². The first kappa shape index (κ1) is 52.5. The molecule has 2 aliphatic heterocycles. The molecule has 0 spiro atoms. The van der Waals surface area contributed by atoms with Crippen LogP contribution in [0.5, 0.6) is 23.0 Å². The molecule has 0 unspecified atom stereocenters. The number of nitrogens with one attached hydrogen (secondary N) is 1. The number of hydrogen-bond donors (Lipinski definition) is 1. The van der Waals surface area contributed by atoms with Gasteiger partial charge in [-0.15, -0.1) is 0 Å². The Kier molecular flexibility index (Phi) is 13.0. The molecule has 0 saturated heterocycles. The summed E-state index contributed by atoms with van der Waals surface area (Å²) in [6.45, 7) is 17.0. The Morgan fingerprint density at radius 3 is 0.691 bits per heavy atom. The average molecular weight is 1110 g/mol. The molecule has 6 aliphatic rings. The minimum atomic E-state index is -4.93. The average Bonchev–Trinajstić information content (AvgIpc) is 3.88. The molecule has 1 N–H and O–H groups in total. The molecule has 81 heavy (non-hydrogen) atoms. The van der Waals surface area contributed by atoms with E-state index in [1.165, 1.54) is 44.5 Å². The van der Waals surface area contributed by atoms with E-state index in [0.717, 1.165) is 214 Å². The highest BCUT2D eigenvalue weighted by atomic mass is 31.3. The zero-order valence-electron chi connectivity index (χ0n) is 48.4. The molecule has 0 aromatic heterocycles. The fourth-order valence-corrected chi connectivity index (χ4v) is 18.8. The fraction of sp³-hybridized carbons (Fsp3) is 0.333. The van der Waals surface area contributed by atoms with Crippen LogP contribution in [0.3, 0.4) is 0 Å². The Morgan fingerprint density at radius 2 is 0.481 bits per heavy atom. The third-order valence-corrected chi connectivity index (χ3v) is 21.8. The molecule has 0 saturated carbocycles. The lowest BCUT2D eigenvalue weighted by atomic mass is 9.77. The second-order valence-electron chi connectivity index (χ2n) is 24.9. The number of rotatable bonds is 6. The zero-order valence-corrected chi connectivity index (χ0v) is 50.2. The van der Waals surface area contributed by atoms with Gasteiger partial charge in [0.1, 0.15) is 23.0 Å². The topological polar surface area (TPSA) is 83.1 Å². The lowest BCUT2D eigenvalue weighted by Crippen LogP contribution is -2.22. The quantitative estimate of drug-likeness (QED) is 0.166. The third-order valence-electron chi connectivity index (χ3n) is 18.1. The van der Waals surface area contributed by atoms with E-state index < -0.39 is 15.5 Å². The van der Waals surface area contributed by atoms with Crippen molar-refractivity contribution in [1.82, 2.24) is 4.86 Å². The van der Waals surface area contributed by atoms with Gasteiger partial charge in [0.15, 0.2) is 0 Å². The molecule has 8 aromatic rings. The minimum Gasteiger partial charge on any atom is -0.403 e. The van der Waals surface area contributed by atoms with Crippen molar-refractivity contribution in [3.05, 3.63) is 186 Å². The molecule has 8 aromatic carbocycles. The molecule has 412 valence electrons. The van der Waals surface area contributed by atoms with Gasteiger partial charge in [0.2, 0.25) is 0 Å². The van der Waals surface area contributed by atoms with E-state index in [9.17, 15) is 0 Å². The van der Waals surface area contributed by atoms with Crippen LogP contribution in [0.25, 0.3) is 66.8 Å². The van der Waals surface area contributed by atoms with Gasteiger partial charge in [0.25, 0.3) is 0 Å². The van der Waals surface area contributed by atoms with Crippen molar-refractivity contribution >= 4 is 15.5 Å². The summed E-state index contributed by atoms with van der Waals surface area (Å²) in [6.07, 6.45) is 15.4. The van der Waals surface area contributed by atoms with Gasteiger partial charge in [0.05, 0.1) is 0 Å². The SMILES string of the molecule is Cc1cc(C)cc(-c2cc3c(c4c2OP(=O)(NP2(=O)Oc5c(-c6cc(C)cc(C)c6)cc6c(c5-c5c7c(cc(-c8cc(C)cc(C)c8)c5O2)CCCC7)CCCC6)Oc2c(-c5cc(C)cc(C)c5)cc5c(c2-4)CCCC5)CCCC3)c1. The van der Waals surface area contributed by atoms with Gasteiger partial charge in [0, 0.05) is 44.5 Å². The van der Waals surface area contributed by atoms with Gasteiger partial charge in [-0.3, -0.25) is 0 Å². The first-order valence-electron chi connectivity index (χ1n) is 29.9. The number of hydrogen-bond acceptors (Lipinski definition) is 6. The number of aryl methyl sites for hydroxylation is 12. The molecular weight excluding hydrogens is 1040 g/mol. The molecule has 14 rings (SSSR count). The molecule has 0 amide bonds. The van der Waals surface area contributed by atoms with Crippen LogP contribution in [0.2, 0.25) is 0 Å². The van der Waals surface area contributed by atoms with Crippen molar-refractivity contribution in [2.75, 3.05) is 0 Å². The lowest BCUT2D eigenvalue weighted by Gasteiger charge is -2.28.